The van der Waals surface area contributed by atoms with Crippen molar-refractivity contribution in [3.8, 4) is 12.3 Å². The van der Waals surface area contributed by atoms with Gasteiger partial charge in [0.15, 0.2) is 6.19 Å². The van der Waals surface area contributed by atoms with Crippen LogP contribution >= 0.6 is 0 Å². The second-order valence-corrected chi connectivity index (χ2v) is 3.26. The Morgan fingerprint density at radius 1 is 1.12 bits per heavy atom. The average Bonchev–Trinajstić information content (AvgIpc) is 2.33. The first-order valence-corrected chi connectivity index (χ1v) is 5.91. The highest BCUT2D eigenvalue weighted by Crippen LogP contribution is 2.04. The zero-order chi connectivity index (χ0) is 13.0. The minimum atomic E-state index is 0.0277. The van der Waals surface area contributed by atoms with Crippen molar-refractivity contribution < 1.29 is 0 Å². The van der Waals surface area contributed by atoms with E-state index < -0.39 is 0 Å². The maximum atomic E-state index is 8.86. The number of nitriles is 2. The molecule has 0 fully saturated rings. The minimum absolute atomic E-state index is 0.0277. The van der Waals surface area contributed by atoms with Crippen molar-refractivity contribution >= 4 is 0 Å². The van der Waals surface area contributed by atoms with Gasteiger partial charge in [0.25, 0.3) is 0 Å². The lowest BCUT2D eigenvalue weighted by Gasteiger charge is -2.27. The number of nitrogens with zero attached hydrogens (tertiary/aromatic N) is 4. The Balaban J connectivity index is 0. The molecule has 0 saturated carbocycles. The molecule has 16 heavy (non-hydrogen) atoms. The van der Waals surface area contributed by atoms with E-state index in [1.165, 1.54) is 0 Å². The van der Waals surface area contributed by atoms with Crippen LogP contribution in [0.5, 0.6) is 0 Å². The highest BCUT2D eigenvalue weighted by Gasteiger charge is 2.16. The van der Waals surface area contributed by atoms with Gasteiger partial charge in [-0.25, -0.2) is 0 Å². The van der Waals surface area contributed by atoms with Crippen LogP contribution in [0.15, 0.2) is 0 Å². The fourth-order valence-electron chi connectivity index (χ4n) is 1.28. The molecule has 4 heteroatoms. The van der Waals surface area contributed by atoms with Gasteiger partial charge in [-0.15, -0.1) is 0 Å². The lowest BCUT2D eigenvalue weighted by atomic mass is 10.2. The van der Waals surface area contributed by atoms with Crippen molar-refractivity contribution in [1.82, 2.24) is 9.80 Å². The Kier molecular flexibility index (Phi) is 12.7. The van der Waals surface area contributed by atoms with Gasteiger partial charge in [0.2, 0.25) is 0 Å². The summed E-state index contributed by atoms with van der Waals surface area (Å²) in [6, 6.07) is 2.15. The fourth-order valence-corrected chi connectivity index (χ4v) is 1.28. The van der Waals surface area contributed by atoms with Gasteiger partial charge in [0.1, 0.15) is 0 Å². The summed E-state index contributed by atoms with van der Waals surface area (Å²) in [6.07, 6.45) is 2.53. The molecule has 1 atom stereocenters. The summed E-state index contributed by atoms with van der Waals surface area (Å²) >= 11 is 0. The molecule has 0 saturated heterocycles. The van der Waals surface area contributed by atoms with Crippen LogP contribution < -0.4 is 0 Å². The van der Waals surface area contributed by atoms with Gasteiger partial charge in [-0.3, -0.25) is 0 Å². The van der Waals surface area contributed by atoms with Crippen LogP contribution in [0.1, 0.15) is 34.1 Å². The maximum Gasteiger partial charge on any atom is 0.179 e. The number of hydrogen-bond donors (Lipinski definition) is 0. The van der Waals surface area contributed by atoms with Crippen molar-refractivity contribution in [1.29, 1.82) is 10.5 Å². The standard InChI is InChI=1S/C10H18N4.C2H6/c1-4-13(3)8-10(6-7-11)14(5-2)9-12;1-2/h10H,4-6,8H2,1-3H3;1-2H3. The van der Waals surface area contributed by atoms with Crippen molar-refractivity contribution in [3.05, 3.63) is 0 Å². The van der Waals surface area contributed by atoms with E-state index in [0.29, 0.717) is 13.0 Å². The van der Waals surface area contributed by atoms with Gasteiger partial charge in [-0.1, -0.05) is 20.8 Å². The molecular weight excluding hydrogens is 200 g/mol. The topological polar surface area (TPSA) is 54.1 Å². The van der Waals surface area contributed by atoms with E-state index in [1.807, 2.05) is 27.8 Å². The van der Waals surface area contributed by atoms with E-state index in [4.69, 9.17) is 10.5 Å². The SMILES string of the molecule is CC.CCN(C)CC(CC#N)N(C#N)CC. The molecule has 1 unspecified atom stereocenters. The summed E-state index contributed by atoms with van der Waals surface area (Å²) in [4.78, 5) is 3.78. The number of likely N-dealkylation sites (N-methyl/N-ethyl adjacent to an activating group) is 2. The molecule has 0 aromatic rings. The third kappa shape index (κ3) is 7.09. The lowest BCUT2D eigenvalue weighted by molar-refractivity contribution is 0.221. The predicted molar refractivity (Wildman–Crippen MR) is 66.5 cm³/mol. The predicted octanol–water partition coefficient (Wildman–Crippen LogP) is 2.05. The highest BCUT2D eigenvalue weighted by molar-refractivity contribution is 4.89. The van der Waals surface area contributed by atoms with E-state index in [1.54, 1.807) is 4.90 Å². The monoisotopic (exact) mass is 224 g/mol. The third-order valence-electron chi connectivity index (χ3n) is 2.30. The Hall–Kier alpha value is -1.26. The summed E-state index contributed by atoms with van der Waals surface area (Å²) in [5, 5.41) is 17.5. The zero-order valence-electron chi connectivity index (χ0n) is 11.2. The van der Waals surface area contributed by atoms with Crippen LogP contribution in [-0.4, -0.2) is 42.5 Å². The molecule has 92 valence electrons. The third-order valence-corrected chi connectivity index (χ3v) is 2.30. The van der Waals surface area contributed by atoms with Gasteiger partial charge < -0.3 is 9.80 Å². The first kappa shape index (κ1) is 17.1. The summed E-state index contributed by atoms with van der Waals surface area (Å²) in [7, 11) is 2.00. The largest absolute Gasteiger partial charge is 0.306 e. The second kappa shape index (κ2) is 11.8. The molecule has 0 N–H and O–H groups in total. The molecule has 4 nitrogen and oxygen atoms in total. The van der Waals surface area contributed by atoms with Gasteiger partial charge >= 0.3 is 0 Å². The summed E-state index contributed by atoms with van der Waals surface area (Å²) in [5.41, 5.74) is 0. The van der Waals surface area contributed by atoms with Crippen molar-refractivity contribution in [2.24, 2.45) is 0 Å². The Morgan fingerprint density at radius 2 is 1.69 bits per heavy atom. The highest BCUT2D eigenvalue weighted by atomic mass is 15.2. The van der Waals surface area contributed by atoms with Crippen molar-refractivity contribution in [2.75, 3.05) is 26.7 Å². The molecule has 0 aromatic carbocycles. The van der Waals surface area contributed by atoms with Crippen molar-refractivity contribution in [3.63, 3.8) is 0 Å². The van der Waals surface area contributed by atoms with E-state index in [-0.39, 0.29) is 6.04 Å². The van der Waals surface area contributed by atoms with E-state index in [9.17, 15) is 0 Å². The molecule has 0 spiro atoms. The Labute approximate surface area is 100 Å². The van der Waals surface area contributed by atoms with Gasteiger partial charge in [-0.2, -0.15) is 10.5 Å². The molecule has 0 amide bonds. The molecule has 0 aliphatic rings. The molecule has 0 aliphatic carbocycles. The Morgan fingerprint density at radius 3 is 2.00 bits per heavy atom. The second-order valence-electron chi connectivity index (χ2n) is 3.26. The first-order chi connectivity index (χ1) is 7.69. The Bertz CT molecular complexity index is 226. The molecule has 0 bridgehead atoms. The normalized spacial score (nSPS) is 10.8. The molecule has 0 radical (unpaired) electrons. The molecular formula is C12H24N4. The zero-order valence-corrected chi connectivity index (χ0v) is 11.2. The van der Waals surface area contributed by atoms with Crippen LogP contribution in [0.4, 0.5) is 0 Å². The maximum absolute atomic E-state index is 8.86. The van der Waals surface area contributed by atoms with Gasteiger partial charge in [-0.05, 0) is 20.5 Å². The van der Waals surface area contributed by atoms with Crippen LogP contribution in [-0.2, 0) is 0 Å². The van der Waals surface area contributed by atoms with Gasteiger partial charge in [0.05, 0.1) is 18.5 Å². The summed E-state index contributed by atoms with van der Waals surface area (Å²) < 4.78 is 0. The van der Waals surface area contributed by atoms with Crippen LogP contribution in [0.3, 0.4) is 0 Å². The molecule has 0 aliphatic heterocycles. The van der Waals surface area contributed by atoms with Gasteiger partial charge in [0, 0.05) is 13.1 Å². The van der Waals surface area contributed by atoms with E-state index in [0.717, 1.165) is 13.1 Å². The number of hydrogen-bond acceptors (Lipinski definition) is 4. The quantitative estimate of drug-likeness (QED) is 0.512. The molecule has 0 rings (SSSR count). The van der Waals surface area contributed by atoms with Crippen LogP contribution in [0.25, 0.3) is 0 Å². The minimum Gasteiger partial charge on any atom is -0.306 e. The first-order valence-electron chi connectivity index (χ1n) is 5.91. The molecule has 0 aromatic heterocycles. The fraction of sp³-hybridized carbons (Fsp3) is 0.833. The van der Waals surface area contributed by atoms with Crippen LogP contribution in [0.2, 0.25) is 0 Å². The lowest BCUT2D eigenvalue weighted by Crippen LogP contribution is -2.40. The molecule has 0 heterocycles. The van der Waals surface area contributed by atoms with Crippen LogP contribution in [0, 0.1) is 22.8 Å². The van der Waals surface area contributed by atoms with E-state index >= 15 is 0 Å². The number of rotatable bonds is 6. The summed E-state index contributed by atoms with van der Waals surface area (Å²) in [6.45, 7) is 10.4. The average molecular weight is 224 g/mol. The van der Waals surface area contributed by atoms with Crippen molar-refractivity contribution in [2.45, 2.75) is 40.2 Å². The smallest absolute Gasteiger partial charge is 0.179 e. The summed E-state index contributed by atoms with van der Waals surface area (Å²) in [5.74, 6) is 0. The van der Waals surface area contributed by atoms with E-state index in [2.05, 4.69) is 24.1 Å².